The Morgan fingerprint density at radius 2 is 1.97 bits per heavy atom. The van der Waals surface area contributed by atoms with Crippen LogP contribution >= 0.6 is 0 Å². The van der Waals surface area contributed by atoms with Crippen molar-refractivity contribution in [2.24, 2.45) is 5.73 Å². The lowest BCUT2D eigenvalue weighted by Crippen LogP contribution is -2.52. The van der Waals surface area contributed by atoms with Crippen molar-refractivity contribution < 1.29 is 14.4 Å². The van der Waals surface area contributed by atoms with E-state index in [0.29, 0.717) is 31.6 Å². The molecule has 3 N–H and O–H groups in total. The first-order valence-corrected chi connectivity index (χ1v) is 10.2. The molecule has 0 radical (unpaired) electrons. The normalized spacial score (nSPS) is 19.3. The summed E-state index contributed by atoms with van der Waals surface area (Å²) in [6.07, 6.45) is 1.67. The summed E-state index contributed by atoms with van der Waals surface area (Å²) >= 11 is 0. The Labute approximate surface area is 172 Å². The summed E-state index contributed by atoms with van der Waals surface area (Å²) in [5, 5.41) is 2.35. The van der Waals surface area contributed by atoms with Gasteiger partial charge in [0.15, 0.2) is 0 Å². The van der Waals surface area contributed by atoms with Gasteiger partial charge in [-0.3, -0.25) is 24.6 Å². The van der Waals surface area contributed by atoms with Gasteiger partial charge in [0.2, 0.25) is 11.8 Å². The van der Waals surface area contributed by atoms with Crippen molar-refractivity contribution in [2.45, 2.75) is 38.4 Å². The number of piperidine rings is 1. The summed E-state index contributed by atoms with van der Waals surface area (Å²) in [5.41, 5.74) is 8.42. The number of nitrogens with zero attached hydrogens (tertiary/aromatic N) is 3. The van der Waals surface area contributed by atoms with Crippen LogP contribution in [-0.4, -0.2) is 78.7 Å². The second-order valence-electron chi connectivity index (χ2n) is 8.07. The van der Waals surface area contributed by atoms with Crippen LogP contribution < -0.4 is 11.1 Å². The fourth-order valence-electron chi connectivity index (χ4n) is 4.13. The van der Waals surface area contributed by atoms with Crippen molar-refractivity contribution in [1.29, 1.82) is 0 Å². The quantitative estimate of drug-likeness (QED) is 0.572. The first-order valence-electron chi connectivity index (χ1n) is 10.2. The molecule has 0 bridgehead atoms. The summed E-state index contributed by atoms with van der Waals surface area (Å²) in [4.78, 5) is 42.9. The molecule has 1 unspecified atom stereocenters. The molecule has 0 aliphatic carbocycles. The van der Waals surface area contributed by atoms with Crippen molar-refractivity contribution in [1.82, 2.24) is 20.0 Å². The van der Waals surface area contributed by atoms with Gasteiger partial charge in [-0.25, -0.2) is 0 Å². The molecule has 1 aromatic rings. The monoisotopic (exact) mass is 401 g/mol. The maximum absolute atomic E-state index is 13.2. The Bertz CT molecular complexity index is 780. The van der Waals surface area contributed by atoms with Gasteiger partial charge in [0.1, 0.15) is 6.04 Å². The van der Waals surface area contributed by atoms with Gasteiger partial charge in [0.25, 0.3) is 5.91 Å². The lowest BCUT2D eigenvalue weighted by atomic mass is 10.0. The van der Waals surface area contributed by atoms with Gasteiger partial charge in [0.05, 0.1) is 0 Å². The number of carbonyl (C=O) groups excluding carboxylic acids is 3. The van der Waals surface area contributed by atoms with Crippen molar-refractivity contribution in [2.75, 3.05) is 40.3 Å². The highest BCUT2D eigenvalue weighted by atomic mass is 16.2. The minimum atomic E-state index is -0.583. The van der Waals surface area contributed by atoms with E-state index in [-0.39, 0.29) is 24.1 Å². The van der Waals surface area contributed by atoms with Gasteiger partial charge < -0.3 is 15.5 Å². The molecule has 3 amide bonds. The van der Waals surface area contributed by atoms with Gasteiger partial charge in [-0.2, -0.15) is 0 Å². The zero-order valence-corrected chi connectivity index (χ0v) is 17.3. The number of amides is 3. The lowest BCUT2D eigenvalue weighted by molar-refractivity contribution is -0.136. The highest BCUT2D eigenvalue weighted by Crippen LogP contribution is 2.30. The average Bonchev–Trinajstić information content (AvgIpc) is 2.99. The number of hydrogen-bond acceptors (Lipinski definition) is 6. The van der Waals surface area contributed by atoms with E-state index in [1.807, 2.05) is 18.2 Å². The number of imide groups is 1. The molecule has 1 saturated heterocycles. The Morgan fingerprint density at radius 3 is 2.66 bits per heavy atom. The topological polar surface area (TPSA) is 99.0 Å². The number of carbonyl (C=O) groups is 3. The predicted molar refractivity (Wildman–Crippen MR) is 110 cm³/mol. The van der Waals surface area contributed by atoms with Gasteiger partial charge in [0, 0.05) is 38.2 Å². The molecule has 8 nitrogen and oxygen atoms in total. The molecule has 3 rings (SSSR count). The standard InChI is InChI=1S/C21H31N5O3/c1-24(2)10-4-11-25(12-9-22)13-15-5-3-6-16-14-26(21(29)19(15)16)17-7-8-18(27)23-20(17)28/h3,5-6,17H,4,7-14,22H2,1-2H3,(H,23,27,28). The van der Waals surface area contributed by atoms with Crippen LogP contribution in [0.4, 0.5) is 0 Å². The molecule has 1 atom stereocenters. The summed E-state index contributed by atoms with van der Waals surface area (Å²) < 4.78 is 0. The molecule has 2 aliphatic rings. The first kappa shape index (κ1) is 21.4. The molecule has 1 fully saturated rings. The first-order chi connectivity index (χ1) is 13.9. The van der Waals surface area contributed by atoms with Crippen molar-refractivity contribution in [3.63, 3.8) is 0 Å². The van der Waals surface area contributed by atoms with Crippen molar-refractivity contribution in [3.05, 3.63) is 34.9 Å². The molecule has 2 aliphatic heterocycles. The second-order valence-corrected chi connectivity index (χ2v) is 8.07. The highest BCUT2D eigenvalue weighted by molar-refractivity contribution is 6.05. The number of hydrogen-bond donors (Lipinski definition) is 2. The molecule has 0 aromatic heterocycles. The van der Waals surface area contributed by atoms with Gasteiger partial charge >= 0.3 is 0 Å². The van der Waals surface area contributed by atoms with Gasteiger partial charge in [-0.05, 0) is 51.2 Å². The van der Waals surface area contributed by atoms with E-state index >= 15 is 0 Å². The Balaban J connectivity index is 1.74. The Morgan fingerprint density at radius 1 is 1.17 bits per heavy atom. The fourth-order valence-corrected chi connectivity index (χ4v) is 4.13. The Hall–Kier alpha value is -2.29. The maximum Gasteiger partial charge on any atom is 0.255 e. The molecule has 1 aromatic carbocycles. The lowest BCUT2D eigenvalue weighted by Gasteiger charge is -2.29. The molecule has 8 heteroatoms. The van der Waals surface area contributed by atoms with Crippen LogP contribution in [0.5, 0.6) is 0 Å². The molecule has 0 saturated carbocycles. The summed E-state index contributed by atoms with van der Waals surface area (Å²) in [7, 11) is 4.11. The third-order valence-electron chi connectivity index (χ3n) is 5.56. The van der Waals surface area contributed by atoms with Crippen LogP contribution in [0.15, 0.2) is 18.2 Å². The van der Waals surface area contributed by atoms with Crippen molar-refractivity contribution in [3.8, 4) is 0 Å². The largest absolute Gasteiger partial charge is 0.329 e. The van der Waals surface area contributed by atoms with Crippen molar-refractivity contribution >= 4 is 17.7 Å². The average molecular weight is 402 g/mol. The Kier molecular flexibility index (Phi) is 7.00. The van der Waals surface area contributed by atoms with Crippen LogP contribution in [0, 0.1) is 0 Å². The third kappa shape index (κ3) is 5.01. The predicted octanol–water partition coefficient (Wildman–Crippen LogP) is 0.160. The van der Waals surface area contributed by atoms with Gasteiger partial charge in [-0.1, -0.05) is 18.2 Å². The van der Waals surface area contributed by atoms with Crippen LogP contribution in [0.1, 0.15) is 40.7 Å². The minimum Gasteiger partial charge on any atom is -0.329 e. The SMILES string of the molecule is CN(C)CCCN(CCN)Cc1cccc2c1C(=O)N(C1CCC(=O)NC1=O)C2. The number of rotatable bonds is 9. The smallest absolute Gasteiger partial charge is 0.255 e. The molecular weight excluding hydrogens is 370 g/mol. The van der Waals surface area contributed by atoms with E-state index in [0.717, 1.165) is 37.2 Å². The number of nitrogens with one attached hydrogen (secondary N) is 1. The van der Waals surface area contributed by atoms with Crippen LogP contribution in [0.25, 0.3) is 0 Å². The fraction of sp³-hybridized carbons (Fsp3) is 0.571. The van der Waals surface area contributed by atoms with E-state index in [1.165, 1.54) is 0 Å². The number of benzene rings is 1. The summed E-state index contributed by atoms with van der Waals surface area (Å²) in [5.74, 6) is -0.769. The zero-order valence-electron chi connectivity index (χ0n) is 17.3. The van der Waals surface area contributed by atoms with E-state index < -0.39 is 6.04 Å². The maximum atomic E-state index is 13.2. The van der Waals surface area contributed by atoms with Crippen LogP contribution in [0.2, 0.25) is 0 Å². The molecule has 2 heterocycles. The summed E-state index contributed by atoms with van der Waals surface area (Å²) in [6.45, 7) is 4.30. The number of nitrogens with two attached hydrogens (primary N) is 1. The van der Waals surface area contributed by atoms with E-state index in [9.17, 15) is 14.4 Å². The number of fused-ring (bicyclic) bond motifs is 1. The second kappa shape index (κ2) is 9.47. The molecule has 29 heavy (non-hydrogen) atoms. The highest BCUT2D eigenvalue weighted by Gasteiger charge is 2.40. The zero-order chi connectivity index (χ0) is 21.0. The minimum absolute atomic E-state index is 0.119. The van der Waals surface area contributed by atoms with E-state index in [1.54, 1.807) is 4.90 Å². The molecular formula is C21H31N5O3. The van der Waals surface area contributed by atoms with Crippen LogP contribution in [-0.2, 0) is 22.7 Å². The summed E-state index contributed by atoms with van der Waals surface area (Å²) in [6, 6.07) is 5.32. The van der Waals surface area contributed by atoms with E-state index in [2.05, 4.69) is 29.2 Å². The third-order valence-corrected chi connectivity index (χ3v) is 5.56. The molecule has 158 valence electrons. The van der Waals surface area contributed by atoms with Gasteiger partial charge in [-0.15, -0.1) is 0 Å². The van der Waals surface area contributed by atoms with Crippen LogP contribution in [0.3, 0.4) is 0 Å². The molecule has 0 spiro atoms. The van der Waals surface area contributed by atoms with E-state index in [4.69, 9.17) is 5.73 Å².